The standard InChI is InChI=1S/C17H20N2O2/c1-2-5-15(20)19-10-8-12(9-11-19)16-13-6-3-4-7-14(13)18-17(16)21/h2-4,6-7,12,16H,1,5,8-11H2,(H,18,21). The van der Waals surface area contributed by atoms with Gasteiger partial charge in [0.2, 0.25) is 11.8 Å². The molecule has 0 spiro atoms. The smallest absolute Gasteiger partial charge is 0.232 e. The van der Waals surface area contributed by atoms with Gasteiger partial charge in [0.1, 0.15) is 0 Å². The number of carbonyl (C=O) groups is 2. The molecule has 0 aliphatic carbocycles. The minimum atomic E-state index is -0.0575. The summed E-state index contributed by atoms with van der Waals surface area (Å²) in [4.78, 5) is 26.0. The molecule has 2 aliphatic heterocycles. The van der Waals surface area contributed by atoms with E-state index in [9.17, 15) is 9.59 Å². The van der Waals surface area contributed by atoms with Gasteiger partial charge in [-0.1, -0.05) is 24.3 Å². The van der Waals surface area contributed by atoms with Crippen molar-refractivity contribution in [1.82, 2.24) is 4.90 Å². The third-order valence-corrected chi connectivity index (χ3v) is 4.52. The van der Waals surface area contributed by atoms with Gasteiger partial charge in [0.25, 0.3) is 0 Å². The number of hydrogen-bond donors (Lipinski definition) is 1. The van der Waals surface area contributed by atoms with Crippen molar-refractivity contribution < 1.29 is 9.59 Å². The van der Waals surface area contributed by atoms with Gasteiger partial charge in [-0.2, -0.15) is 0 Å². The van der Waals surface area contributed by atoms with Crippen LogP contribution in [0.25, 0.3) is 0 Å². The predicted octanol–water partition coefficient (Wildman–Crippen LogP) is 2.54. The maximum absolute atomic E-state index is 12.2. The van der Waals surface area contributed by atoms with Crippen molar-refractivity contribution in [3.8, 4) is 0 Å². The quantitative estimate of drug-likeness (QED) is 0.867. The van der Waals surface area contributed by atoms with Gasteiger partial charge in [-0.05, 0) is 30.4 Å². The molecule has 1 atom stereocenters. The van der Waals surface area contributed by atoms with E-state index in [1.165, 1.54) is 0 Å². The molecule has 2 amide bonds. The molecule has 21 heavy (non-hydrogen) atoms. The predicted molar refractivity (Wildman–Crippen MR) is 81.9 cm³/mol. The van der Waals surface area contributed by atoms with Crippen LogP contribution in [0.1, 0.15) is 30.7 Å². The average molecular weight is 284 g/mol. The van der Waals surface area contributed by atoms with Crippen LogP contribution in [-0.4, -0.2) is 29.8 Å². The first-order valence-electron chi connectivity index (χ1n) is 7.49. The van der Waals surface area contributed by atoms with Crippen molar-refractivity contribution in [3.63, 3.8) is 0 Å². The van der Waals surface area contributed by atoms with Crippen LogP contribution in [0.3, 0.4) is 0 Å². The molecule has 4 heteroatoms. The van der Waals surface area contributed by atoms with Crippen LogP contribution in [-0.2, 0) is 9.59 Å². The Kier molecular flexibility index (Phi) is 3.78. The Balaban J connectivity index is 1.69. The van der Waals surface area contributed by atoms with Crippen LogP contribution in [0, 0.1) is 5.92 Å². The topological polar surface area (TPSA) is 49.4 Å². The van der Waals surface area contributed by atoms with Gasteiger partial charge < -0.3 is 10.2 Å². The Labute approximate surface area is 124 Å². The van der Waals surface area contributed by atoms with E-state index < -0.39 is 0 Å². The maximum atomic E-state index is 12.2. The molecular formula is C17H20N2O2. The summed E-state index contributed by atoms with van der Waals surface area (Å²) in [5.41, 5.74) is 2.05. The Bertz CT molecular complexity index is 574. The lowest BCUT2D eigenvalue weighted by Crippen LogP contribution is -2.40. The van der Waals surface area contributed by atoms with Gasteiger partial charge >= 0.3 is 0 Å². The highest BCUT2D eigenvalue weighted by Gasteiger charge is 2.38. The lowest BCUT2D eigenvalue weighted by molar-refractivity contribution is -0.131. The highest BCUT2D eigenvalue weighted by Crippen LogP contribution is 2.41. The molecule has 0 saturated carbocycles. The number of anilines is 1. The number of likely N-dealkylation sites (tertiary alicyclic amines) is 1. The molecule has 2 aliphatic rings. The zero-order valence-corrected chi connectivity index (χ0v) is 12.0. The van der Waals surface area contributed by atoms with Crippen molar-refractivity contribution in [2.45, 2.75) is 25.2 Å². The van der Waals surface area contributed by atoms with E-state index in [4.69, 9.17) is 0 Å². The van der Waals surface area contributed by atoms with Crippen molar-refractivity contribution in [2.75, 3.05) is 18.4 Å². The third-order valence-electron chi connectivity index (χ3n) is 4.52. The minimum Gasteiger partial charge on any atom is -0.342 e. The van der Waals surface area contributed by atoms with Crippen LogP contribution >= 0.6 is 0 Å². The van der Waals surface area contributed by atoms with E-state index in [1.807, 2.05) is 29.2 Å². The monoisotopic (exact) mass is 284 g/mol. The van der Waals surface area contributed by atoms with Crippen molar-refractivity contribution in [2.24, 2.45) is 5.92 Å². The number of amides is 2. The normalized spacial score (nSPS) is 21.8. The second-order valence-corrected chi connectivity index (χ2v) is 5.77. The fraction of sp³-hybridized carbons (Fsp3) is 0.412. The highest BCUT2D eigenvalue weighted by molar-refractivity contribution is 6.03. The second kappa shape index (κ2) is 5.72. The summed E-state index contributed by atoms with van der Waals surface area (Å²) in [5, 5.41) is 2.97. The molecule has 3 rings (SSSR count). The van der Waals surface area contributed by atoms with Gasteiger partial charge in [0, 0.05) is 25.2 Å². The number of benzene rings is 1. The Morgan fingerprint density at radius 1 is 1.33 bits per heavy atom. The molecule has 1 fully saturated rings. The molecular weight excluding hydrogens is 264 g/mol. The van der Waals surface area contributed by atoms with Gasteiger partial charge in [-0.15, -0.1) is 6.58 Å². The van der Waals surface area contributed by atoms with Gasteiger partial charge in [0.05, 0.1) is 5.92 Å². The van der Waals surface area contributed by atoms with E-state index >= 15 is 0 Å². The molecule has 4 nitrogen and oxygen atoms in total. The summed E-state index contributed by atoms with van der Waals surface area (Å²) in [6, 6.07) is 7.91. The van der Waals surface area contributed by atoms with Gasteiger partial charge in [-0.25, -0.2) is 0 Å². The van der Waals surface area contributed by atoms with Crippen molar-refractivity contribution >= 4 is 17.5 Å². The second-order valence-electron chi connectivity index (χ2n) is 5.77. The fourth-order valence-corrected chi connectivity index (χ4v) is 3.44. The molecule has 0 bridgehead atoms. The van der Waals surface area contributed by atoms with E-state index in [0.717, 1.165) is 37.2 Å². The van der Waals surface area contributed by atoms with Crippen molar-refractivity contribution in [1.29, 1.82) is 0 Å². The molecule has 1 saturated heterocycles. The van der Waals surface area contributed by atoms with Gasteiger partial charge in [-0.3, -0.25) is 9.59 Å². The number of fused-ring (bicyclic) bond motifs is 1. The van der Waals surface area contributed by atoms with E-state index in [2.05, 4.69) is 11.9 Å². The molecule has 1 aromatic carbocycles. The summed E-state index contributed by atoms with van der Waals surface area (Å²) in [5.74, 6) is 0.506. The van der Waals surface area contributed by atoms with Crippen LogP contribution in [0.4, 0.5) is 5.69 Å². The highest BCUT2D eigenvalue weighted by atomic mass is 16.2. The average Bonchev–Trinajstić information content (AvgIpc) is 2.83. The summed E-state index contributed by atoms with van der Waals surface area (Å²) >= 11 is 0. The van der Waals surface area contributed by atoms with Crippen LogP contribution in [0.15, 0.2) is 36.9 Å². The van der Waals surface area contributed by atoms with Crippen LogP contribution in [0.5, 0.6) is 0 Å². The lowest BCUT2D eigenvalue weighted by atomic mass is 9.80. The summed E-state index contributed by atoms with van der Waals surface area (Å²) in [6.07, 6.45) is 3.82. The maximum Gasteiger partial charge on any atom is 0.232 e. The van der Waals surface area contributed by atoms with Gasteiger partial charge in [0.15, 0.2) is 0 Å². The molecule has 2 heterocycles. The first-order chi connectivity index (χ1) is 10.2. The third kappa shape index (κ3) is 2.58. The summed E-state index contributed by atoms with van der Waals surface area (Å²) < 4.78 is 0. The first kappa shape index (κ1) is 13.9. The zero-order valence-electron chi connectivity index (χ0n) is 12.0. The molecule has 110 valence electrons. The molecule has 1 unspecified atom stereocenters. The number of para-hydroxylation sites is 1. The zero-order chi connectivity index (χ0) is 14.8. The SMILES string of the molecule is C=CCC(=O)N1CCC(C2C(=O)Nc3ccccc32)CC1. The van der Waals surface area contributed by atoms with Crippen LogP contribution in [0.2, 0.25) is 0 Å². The molecule has 1 aromatic rings. The molecule has 0 aromatic heterocycles. The fourth-order valence-electron chi connectivity index (χ4n) is 3.44. The number of piperidine rings is 1. The van der Waals surface area contributed by atoms with Crippen molar-refractivity contribution in [3.05, 3.63) is 42.5 Å². The lowest BCUT2D eigenvalue weighted by Gasteiger charge is -2.34. The van der Waals surface area contributed by atoms with Crippen LogP contribution < -0.4 is 5.32 Å². The first-order valence-corrected chi connectivity index (χ1v) is 7.49. The molecule has 1 N–H and O–H groups in total. The summed E-state index contributed by atoms with van der Waals surface area (Å²) in [6.45, 7) is 5.09. The number of carbonyl (C=O) groups excluding carboxylic acids is 2. The Morgan fingerprint density at radius 2 is 2.05 bits per heavy atom. The number of nitrogens with one attached hydrogen (secondary N) is 1. The minimum absolute atomic E-state index is 0.0575. The van der Waals surface area contributed by atoms with E-state index in [-0.39, 0.29) is 17.7 Å². The Morgan fingerprint density at radius 3 is 2.76 bits per heavy atom. The number of nitrogens with zero attached hydrogens (tertiary/aromatic N) is 1. The largest absolute Gasteiger partial charge is 0.342 e. The summed E-state index contributed by atoms with van der Waals surface area (Å²) in [7, 11) is 0. The number of hydrogen-bond acceptors (Lipinski definition) is 2. The molecule has 0 radical (unpaired) electrons. The van der Waals surface area contributed by atoms with E-state index in [0.29, 0.717) is 12.3 Å². The van der Waals surface area contributed by atoms with E-state index in [1.54, 1.807) is 6.08 Å². The Hall–Kier alpha value is -2.10. The number of rotatable bonds is 3.